The highest BCUT2D eigenvalue weighted by Crippen LogP contribution is 2.41. The summed E-state index contributed by atoms with van der Waals surface area (Å²) in [5, 5.41) is 0. The minimum absolute atomic E-state index is 0.0385. The highest BCUT2D eigenvalue weighted by molar-refractivity contribution is 5.68. The van der Waals surface area contributed by atoms with E-state index in [9.17, 15) is 4.79 Å². The van der Waals surface area contributed by atoms with E-state index in [1.165, 1.54) is 38.4 Å². The molecular formula is C25H36O5. The standard InChI is InChI=1S/C25H36O5/c1-27-24(26)16-12-7-5-3-2-4-6-11-15-22-21(25-28-17-18-29-25)19-23(30-22)20-13-9-8-10-14-20/h8-11,13-15,21-23,25H,2-7,12,16-19H2,1H3/b15-11+/t21-,22+,23-/m0/s1. The molecule has 2 heterocycles. The van der Waals surface area contributed by atoms with Crippen molar-refractivity contribution in [2.75, 3.05) is 20.3 Å². The van der Waals surface area contributed by atoms with Crippen LogP contribution in [0.2, 0.25) is 0 Å². The molecule has 1 aromatic rings. The molecule has 0 unspecified atom stereocenters. The third-order valence-corrected chi connectivity index (χ3v) is 5.95. The lowest BCUT2D eigenvalue weighted by Gasteiger charge is -2.20. The molecule has 0 aromatic heterocycles. The summed E-state index contributed by atoms with van der Waals surface area (Å²) in [7, 11) is 1.45. The lowest BCUT2D eigenvalue weighted by atomic mass is 9.95. The van der Waals surface area contributed by atoms with Gasteiger partial charge < -0.3 is 18.9 Å². The highest BCUT2D eigenvalue weighted by Gasteiger charge is 2.41. The number of hydrogen-bond donors (Lipinski definition) is 0. The van der Waals surface area contributed by atoms with Crippen molar-refractivity contribution >= 4 is 5.97 Å². The van der Waals surface area contributed by atoms with Gasteiger partial charge in [0.25, 0.3) is 0 Å². The molecular weight excluding hydrogens is 380 g/mol. The SMILES string of the molecule is COC(=O)CCCCCCCC/C=C/[C@H]1O[C@H](c2ccccc2)C[C@@H]1C1OCCO1. The maximum absolute atomic E-state index is 11.1. The number of ether oxygens (including phenoxy) is 4. The number of allylic oxidation sites excluding steroid dienone is 1. The average Bonchev–Trinajstić information content (AvgIpc) is 3.45. The fourth-order valence-corrected chi connectivity index (χ4v) is 4.26. The first-order valence-electron chi connectivity index (χ1n) is 11.4. The topological polar surface area (TPSA) is 54.0 Å². The van der Waals surface area contributed by atoms with Gasteiger partial charge >= 0.3 is 5.97 Å². The Bertz CT molecular complexity index is 638. The predicted molar refractivity (Wildman–Crippen MR) is 116 cm³/mol. The maximum Gasteiger partial charge on any atom is 0.305 e. The molecule has 0 bridgehead atoms. The van der Waals surface area contributed by atoms with Crippen LogP contribution in [0.5, 0.6) is 0 Å². The molecule has 0 N–H and O–H groups in total. The fraction of sp³-hybridized carbons (Fsp3) is 0.640. The number of carbonyl (C=O) groups is 1. The van der Waals surface area contributed by atoms with Crippen molar-refractivity contribution in [1.29, 1.82) is 0 Å². The predicted octanol–water partition coefficient (Wildman–Crippen LogP) is 5.36. The molecule has 1 aromatic carbocycles. The second-order valence-electron chi connectivity index (χ2n) is 8.17. The Hall–Kier alpha value is -1.69. The van der Waals surface area contributed by atoms with Crippen LogP contribution >= 0.6 is 0 Å². The van der Waals surface area contributed by atoms with E-state index in [2.05, 4.69) is 41.2 Å². The van der Waals surface area contributed by atoms with Crippen molar-refractivity contribution in [2.45, 2.75) is 76.3 Å². The molecule has 2 aliphatic heterocycles. The minimum atomic E-state index is -0.154. The third kappa shape index (κ3) is 7.22. The Kier molecular flexibility index (Phi) is 9.87. The zero-order valence-electron chi connectivity index (χ0n) is 18.2. The molecule has 3 rings (SSSR count). The van der Waals surface area contributed by atoms with Crippen molar-refractivity contribution in [3.63, 3.8) is 0 Å². The molecule has 0 radical (unpaired) electrons. The Morgan fingerprint density at radius 1 is 1.03 bits per heavy atom. The van der Waals surface area contributed by atoms with Crippen LogP contribution in [-0.4, -0.2) is 38.7 Å². The molecule has 0 amide bonds. The molecule has 0 saturated carbocycles. The van der Waals surface area contributed by atoms with E-state index in [-0.39, 0.29) is 30.4 Å². The lowest BCUT2D eigenvalue weighted by Crippen LogP contribution is -2.27. The van der Waals surface area contributed by atoms with E-state index >= 15 is 0 Å². The molecule has 30 heavy (non-hydrogen) atoms. The smallest absolute Gasteiger partial charge is 0.305 e. The Morgan fingerprint density at radius 3 is 2.47 bits per heavy atom. The third-order valence-electron chi connectivity index (χ3n) is 5.95. The van der Waals surface area contributed by atoms with E-state index in [0.717, 1.165) is 25.7 Å². The maximum atomic E-state index is 11.1. The van der Waals surface area contributed by atoms with Crippen LogP contribution in [0, 0.1) is 5.92 Å². The lowest BCUT2D eigenvalue weighted by molar-refractivity contribution is -0.140. The van der Waals surface area contributed by atoms with E-state index in [4.69, 9.17) is 14.2 Å². The van der Waals surface area contributed by atoms with Gasteiger partial charge in [0, 0.05) is 12.3 Å². The molecule has 5 heteroatoms. The number of methoxy groups -OCH3 is 1. The first-order valence-corrected chi connectivity index (χ1v) is 11.4. The van der Waals surface area contributed by atoms with Gasteiger partial charge in [-0.15, -0.1) is 0 Å². The Morgan fingerprint density at radius 2 is 1.73 bits per heavy atom. The number of esters is 1. The molecule has 2 aliphatic rings. The summed E-state index contributed by atoms with van der Waals surface area (Å²) in [6, 6.07) is 10.4. The Balaban J connectivity index is 1.37. The van der Waals surface area contributed by atoms with E-state index in [1.54, 1.807) is 0 Å². The van der Waals surface area contributed by atoms with E-state index in [0.29, 0.717) is 19.6 Å². The van der Waals surface area contributed by atoms with Crippen molar-refractivity contribution in [2.24, 2.45) is 5.92 Å². The van der Waals surface area contributed by atoms with Crippen molar-refractivity contribution in [3.8, 4) is 0 Å². The van der Waals surface area contributed by atoms with Crippen LogP contribution in [-0.2, 0) is 23.7 Å². The summed E-state index contributed by atoms with van der Waals surface area (Å²) in [5.41, 5.74) is 1.23. The van der Waals surface area contributed by atoms with Crippen LogP contribution in [0.15, 0.2) is 42.5 Å². The van der Waals surface area contributed by atoms with Crippen LogP contribution in [0.1, 0.15) is 69.5 Å². The fourth-order valence-electron chi connectivity index (χ4n) is 4.26. The van der Waals surface area contributed by atoms with E-state index < -0.39 is 0 Å². The molecule has 5 nitrogen and oxygen atoms in total. The summed E-state index contributed by atoms with van der Waals surface area (Å²) >= 11 is 0. The summed E-state index contributed by atoms with van der Waals surface area (Å²) in [4.78, 5) is 11.1. The second-order valence-corrected chi connectivity index (χ2v) is 8.17. The van der Waals surface area contributed by atoms with Gasteiger partial charge in [-0.1, -0.05) is 68.2 Å². The van der Waals surface area contributed by atoms with Crippen molar-refractivity contribution < 1.29 is 23.7 Å². The van der Waals surface area contributed by atoms with Crippen LogP contribution in [0.25, 0.3) is 0 Å². The van der Waals surface area contributed by atoms with Gasteiger partial charge in [0.1, 0.15) is 0 Å². The van der Waals surface area contributed by atoms with Crippen LogP contribution in [0.4, 0.5) is 0 Å². The Labute approximate surface area is 180 Å². The van der Waals surface area contributed by atoms with Crippen LogP contribution in [0.3, 0.4) is 0 Å². The van der Waals surface area contributed by atoms with Gasteiger partial charge in [-0.05, 0) is 31.2 Å². The molecule has 166 valence electrons. The largest absolute Gasteiger partial charge is 0.469 e. The monoisotopic (exact) mass is 416 g/mol. The van der Waals surface area contributed by atoms with Gasteiger partial charge in [-0.3, -0.25) is 4.79 Å². The first kappa shape index (κ1) is 23.0. The van der Waals surface area contributed by atoms with Gasteiger partial charge in [0.05, 0.1) is 32.5 Å². The average molecular weight is 417 g/mol. The number of benzene rings is 1. The summed E-state index contributed by atoms with van der Waals surface area (Å²) < 4.78 is 22.7. The molecule has 2 fully saturated rings. The van der Waals surface area contributed by atoms with Gasteiger partial charge in [0.15, 0.2) is 6.29 Å². The van der Waals surface area contributed by atoms with Crippen molar-refractivity contribution in [1.82, 2.24) is 0 Å². The molecule has 0 spiro atoms. The number of unbranched alkanes of at least 4 members (excludes halogenated alkanes) is 6. The summed E-state index contributed by atoms with van der Waals surface area (Å²) in [6.07, 6.45) is 13.8. The number of hydrogen-bond acceptors (Lipinski definition) is 5. The molecule has 2 saturated heterocycles. The zero-order valence-corrected chi connectivity index (χ0v) is 18.2. The van der Waals surface area contributed by atoms with Gasteiger partial charge in [-0.2, -0.15) is 0 Å². The second kappa shape index (κ2) is 12.9. The van der Waals surface area contributed by atoms with Crippen LogP contribution < -0.4 is 0 Å². The van der Waals surface area contributed by atoms with Gasteiger partial charge in [-0.25, -0.2) is 0 Å². The first-order chi connectivity index (χ1) is 14.8. The quantitative estimate of drug-likeness (QED) is 0.261. The van der Waals surface area contributed by atoms with Gasteiger partial charge in [0.2, 0.25) is 0 Å². The zero-order chi connectivity index (χ0) is 21.0. The number of rotatable bonds is 12. The van der Waals surface area contributed by atoms with E-state index in [1.807, 2.05) is 6.07 Å². The molecule has 3 atom stereocenters. The normalized spacial score (nSPS) is 24.6. The highest BCUT2D eigenvalue weighted by atomic mass is 16.7. The summed E-state index contributed by atoms with van der Waals surface area (Å²) in [6.45, 7) is 1.35. The number of carbonyl (C=O) groups excluding carboxylic acids is 1. The molecule has 0 aliphatic carbocycles. The van der Waals surface area contributed by atoms with Crippen molar-refractivity contribution in [3.05, 3.63) is 48.0 Å². The minimum Gasteiger partial charge on any atom is -0.469 e. The summed E-state index contributed by atoms with van der Waals surface area (Å²) in [5.74, 6) is 0.138.